The van der Waals surface area contributed by atoms with Crippen LogP contribution in [0.2, 0.25) is 0 Å². The molecule has 1 fully saturated rings. The van der Waals surface area contributed by atoms with Gasteiger partial charge in [0.2, 0.25) is 21.9 Å². The van der Waals surface area contributed by atoms with Gasteiger partial charge in [0, 0.05) is 29.2 Å². The van der Waals surface area contributed by atoms with Gasteiger partial charge in [-0.1, -0.05) is 6.92 Å². The zero-order chi connectivity index (χ0) is 33.0. The highest BCUT2D eigenvalue weighted by atomic mass is 32.2. The number of carbonyl (C=O) groups excluding carboxylic acids is 1. The van der Waals surface area contributed by atoms with E-state index in [0.29, 0.717) is 17.9 Å². The number of fused-ring (bicyclic) bond motifs is 1. The van der Waals surface area contributed by atoms with Crippen molar-refractivity contribution in [2.45, 2.75) is 90.1 Å². The molecule has 1 aliphatic rings. The van der Waals surface area contributed by atoms with E-state index in [2.05, 4.69) is 25.3 Å². The number of rotatable bonds is 10. The van der Waals surface area contributed by atoms with Crippen LogP contribution in [-0.4, -0.2) is 66.2 Å². The zero-order valence-electron chi connectivity index (χ0n) is 25.9. The van der Waals surface area contributed by atoms with Gasteiger partial charge in [-0.05, 0) is 88.3 Å². The number of anilines is 2. The maximum absolute atomic E-state index is 12.5. The van der Waals surface area contributed by atoms with Crippen molar-refractivity contribution in [3.05, 3.63) is 36.0 Å². The lowest BCUT2D eigenvalue weighted by atomic mass is 9.91. The highest BCUT2D eigenvalue weighted by Gasteiger charge is 2.30. The van der Waals surface area contributed by atoms with Crippen molar-refractivity contribution < 1.29 is 35.9 Å². The van der Waals surface area contributed by atoms with E-state index in [1.165, 1.54) is 13.2 Å². The fourth-order valence-corrected chi connectivity index (χ4v) is 6.12. The van der Waals surface area contributed by atoms with Crippen molar-refractivity contribution in [2.24, 2.45) is 0 Å². The number of ether oxygens (including phenoxy) is 2. The highest BCUT2D eigenvalue weighted by molar-refractivity contribution is 7.92. The minimum Gasteiger partial charge on any atom is -0.480 e. The van der Waals surface area contributed by atoms with E-state index in [-0.39, 0.29) is 23.8 Å². The highest BCUT2D eigenvalue weighted by Crippen LogP contribution is 2.34. The van der Waals surface area contributed by atoms with Crippen LogP contribution in [0.25, 0.3) is 22.0 Å². The number of amides is 1. The third-order valence-electron chi connectivity index (χ3n) is 7.20. The van der Waals surface area contributed by atoms with E-state index in [9.17, 15) is 26.4 Å². The fraction of sp³-hybridized carbons (Fsp3) is 0.533. The molecule has 4 rings (SSSR count). The van der Waals surface area contributed by atoms with Crippen molar-refractivity contribution in [1.29, 1.82) is 0 Å². The Labute approximate surface area is 260 Å². The van der Waals surface area contributed by atoms with Gasteiger partial charge in [-0.25, -0.2) is 23.2 Å². The van der Waals surface area contributed by atoms with Crippen LogP contribution in [-0.2, 0) is 21.2 Å². The summed E-state index contributed by atoms with van der Waals surface area (Å²) in [5.74, 6) is -0.655. The molecule has 1 saturated carbocycles. The van der Waals surface area contributed by atoms with Crippen molar-refractivity contribution in [2.75, 3.05) is 22.9 Å². The van der Waals surface area contributed by atoms with Gasteiger partial charge in [0.1, 0.15) is 11.4 Å². The summed E-state index contributed by atoms with van der Waals surface area (Å²) in [5.41, 5.74) is 2.47. The molecule has 1 amide bonds. The van der Waals surface area contributed by atoms with Gasteiger partial charge in [0.05, 0.1) is 24.8 Å². The van der Waals surface area contributed by atoms with Crippen LogP contribution in [0.15, 0.2) is 30.5 Å². The Hall–Kier alpha value is -3.88. The molecule has 3 aromatic rings. The number of methoxy groups -OCH3 is 1. The summed E-state index contributed by atoms with van der Waals surface area (Å²) in [6.45, 7) is 7.50. The van der Waals surface area contributed by atoms with Crippen LogP contribution in [0.3, 0.4) is 0 Å². The molecule has 0 saturated heterocycles. The van der Waals surface area contributed by atoms with Crippen LogP contribution in [0.1, 0.15) is 65.4 Å². The smallest absolute Gasteiger partial charge is 0.407 e. The molecular weight excluding hydrogens is 613 g/mol. The van der Waals surface area contributed by atoms with Crippen LogP contribution in [0.4, 0.5) is 29.7 Å². The first kappa shape index (κ1) is 34.0. The van der Waals surface area contributed by atoms with Crippen LogP contribution in [0, 0.1) is 0 Å². The molecule has 15 heteroatoms. The molecule has 0 radical (unpaired) electrons. The topological polar surface area (TPSA) is 144 Å². The maximum Gasteiger partial charge on any atom is 0.407 e. The monoisotopic (exact) mass is 652 g/mol. The predicted octanol–water partition coefficient (Wildman–Crippen LogP) is 6.20. The number of nitrogens with one attached hydrogen (secondary N) is 3. The second kappa shape index (κ2) is 13.6. The number of hydrogen-bond donors (Lipinski definition) is 3. The Balaban J connectivity index is 1.47. The zero-order valence-corrected chi connectivity index (χ0v) is 26.7. The van der Waals surface area contributed by atoms with Gasteiger partial charge in [-0.3, -0.25) is 4.72 Å². The van der Waals surface area contributed by atoms with Gasteiger partial charge in [0.25, 0.3) is 0 Å². The third-order valence-corrected chi connectivity index (χ3v) is 8.46. The standard InChI is InChI=1S/C30H39F3N6O5S/c1-6-18-15-19(23-11-12-24(37-26(23)43-5)39-45(41,42)14-13-30(31,32)33)16-20-17-34-27(38-25(18)20)35-21-7-9-22(10-8-21)36-28(40)44-29(2,3)4/h11-12,15-17,21-22H,6-10,13-14H2,1-5H3,(H,36,40)(H,37,39)(H,34,35,38)/t21-,22-. The van der Waals surface area contributed by atoms with Crippen molar-refractivity contribution >= 4 is 38.8 Å². The first-order valence-corrected chi connectivity index (χ1v) is 16.4. The number of aromatic nitrogens is 3. The normalized spacial score (nSPS) is 17.5. The van der Waals surface area contributed by atoms with Crippen molar-refractivity contribution in [1.82, 2.24) is 20.3 Å². The Morgan fingerprint density at radius 2 is 1.73 bits per heavy atom. The molecule has 2 heterocycles. The number of benzene rings is 1. The summed E-state index contributed by atoms with van der Waals surface area (Å²) in [4.78, 5) is 25.6. The molecule has 3 N–H and O–H groups in total. The predicted molar refractivity (Wildman–Crippen MR) is 166 cm³/mol. The summed E-state index contributed by atoms with van der Waals surface area (Å²) in [6, 6.07) is 7.00. The molecule has 246 valence electrons. The fourth-order valence-electron chi connectivity index (χ4n) is 5.09. The molecular formula is C30H39F3N6O5S. The molecule has 0 unspecified atom stereocenters. The Morgan fingerprint density at radius 1 is 1.04 bits per heavy atom. The second-order valence-electron chi connectivity index (χ2n) is 12.0. The number of sulfonamides is 1. The quantitative estimate of drug-likeness (QED) is 0.233. The van der Waals surface area contributed by atoms with E-state index >= 15 is 0 Å². The van der Waals surface area contributed by atoms with Gasteiger partial charge >= 0.3 is 12.3 Å². The number of alkyl halides is 3. The van der Waals surface area contributed by atoms with E-state index in [1.54, 1.807) is 12.3 Å². The summed E-state index contributed by atoms with van der Waals surface area (Å²) < 4.78 is 74.7. The summed E-state index contributed by atoms with van der Waals surface area (Å²) in [7, 11) is -2.90. The summed E-state index contributed by atoms with van der Waals surface area (Å²) in [6.07, 6.45) is -0.805. The van der Waals surface area contributed by atoms with Crippen LogP contribution >= 0.6 is 0 Å². The first-order valence-electron chi connectivity index (χ1n) is 14.7. The molecule has 0 atom stereocenters. The Kier molecular flexibility index (Phi) is 10.3. The number of nitrogens with zero attached hydrogens (tertiary/aromatic N) is 3. The number of aryl methyl sites for hydroxylation is 1. The van der Waals surface area contributed by atoms with E-state index in [0.717, 1.165) is 47.7 Å². The lowest BCUT2D eigenvalue weighted by molar-refractivity contribution is -0.129. The molecule has 0 bridgehead atoms. The molecule has 1 aliphatic carbocycles. The minimum atomic E-state index is -4.60. The number of pyridine rings is 1. The molecule has 1 aromatic carbocycles. The maximum atomic E-state index is 12.5. The third kappa shape index (κ3) is 9.80. The van der Waals surface area contributed by atoms with Crippen molar-refractivity contribution in [3.8, 4) is 17.0 Å². The molecule has 0 spiro atoms. The van der Waals surface area contributed by atoms with Gasteiger partial charge < -0.3 is 20.1 Å². The van der Waals surface area contributed by atoms with Gasteiger partial charge in [-0.15, -0.1) is 0 Å². The average molecular weight is 653 g/mol. The van der Waals surface area contributed by atoms with E-state index in [1.807, 2.05) is 39.8 Å². The summed E-state index contributed by atoms with van der Waals surface area (Å²) >= 11 is 0. The number of halogens is 3. The Bertz CT molecular complexity index is 1620. The number of hydrogen-bond acceptors (Lipinski definition) is 9. The van der Waals surface area contributed by atoms with E-state index < -0.39 is 40.1 Å². The van der Waals surface area contributed by atoms with Gasteiger partial charge in [0.15, 0.2) is 0 Å². The molecule has 0 aliphatic heterocycles. The van der Waals surface area contributed by atoms with E-state index in [4.69, 9.17) is 14.5 Å². The second-order valence-corrected chi connectivity index (χ2v) is 13.8. The molecule has 11 nitrogen and oxygen atoms in total. The lowest BCUT2D eigenvalue weighted by Crippen LogP contribution is -2.42. The molecule has 45 heavy (non-hydrogen) atoms. The average Bonchev–Trinajstić information content (AvgIpc) is 2.95. The van der Waals surface area contributed by atoms with Crippen LogP contribution in [0.5, 0.6) is 5.88 Å². The largest absolute Gasteiger partial charge is 0.480 e. The van der Waals surface area contributed by atoms with Crippen molar-refractivity contribution in [3.63, 3.8) is 0 Å². The van der Waals surface area contributed by atoms with Gasteiger partial charge in [-0.2, -0.15) is 18.2 Å². The number of carbonyl (C=O) groups is 1. The SMILES string of the molecule is CCc1cc(-c2ccc(NS(=O)(=O)CCC(F)(F)F)nc2OC)cc2cnc(N[C@H]3CC[C@H](NC(=O)OC(C)(C)C)CC3)nc12. The number of alkyl carbamates (subject to hydrolysis) is 1. The Morgan fingerprint density at radius 3 is 2.36 bits per heavy atom. The minimum absolute atomic E-state index is 0.0515. The lowest BCUT2D eigenvalue weighted by Gasteiger charge is -2.30. The first-order chi connectivity index (χ1) is 21.0. The summed E-state index contributed by atoms with van der Waals surface area (Å²) in [5, 5.41) is 7.15. The van der Waals surface area contributed by atoms with Crippen LogP contribution < -0.4 is 20.1 Å². The molecule has 2 aromatic heterocycles.